The molecule has 0 aliphatic heterocycles. The molecule has 1 rings (SSSR count). The number of ether oxygens (including phenoxy) is 2. The number of nitrogens with one attached hydrogen (secondary N) is 1. The minimum Gasteiger partial charge on any atom is -0.506 e. The SMILES string of the molecule is CCCC[C@@H](C)[C@H](O)[C@H](C)C(=O)/C(C)=C/[C@@H](OC)[C@@H](O)[C@@H](OCC)C(=O)N/C=C/c1ccc(O)c(Cl)c1. The van der Waals surface area contributed by atoms with Crippen molar-refractivity contribution < 1.29 is 34.4 Å². The Bertz CT molecular complexity index is 933. The van der Waals surface area contributed by atoms with Gasteiger partial charge in [-0.25, -0.2) is 0 Å². The molecule has 0 saturated heterocycles. The van der Waals surface area contributed by atoms with Crippen molar-refractivity contribution in [1.29, 1.82) is 0 Å². The number of aliphatic hydroxyl groups excluding tert-OH is 2. The van der Waals surface area contributed by atoms with Gasteiger partial charge in [-0.2, -0.15) is 0 Å². The van der Waals surface area contributed by atoms with E-state index in [4.69, 9.17) is 21.1 Å². The molecule has 0 heterocycles. The van der Waals surface area contributed by atoms with E-state index in [1.165, 1.54) is 31.5 Å². The average molecular weight is 540 g/mol. The van der Waals surface area contributed by atoms with Crippen LogP contribution in [-0.2, 0) is 19.1 Å². The fourth-order valence-corrected chi connectivity index (χ4v) is 4.14. The van der Waals surface area contributed by atoms with Crippen molar-refractivity contribution >= 4 is 29.4 Å². The summed E-state index contributed by atoms with van der Waals surface area (Å²) in [5, 5.41) is 33.8. The van der Waals surface area contributed by atoms with E-state index in [0.717, 1.165) is 19.3 Å². The molecule has 0 aromatic heterocycles. The maximum atomic E-state index is 13.0. The summed E-state index contributed by atoms with van der Waals surface area (Å²) in [7, 11) is 1.36. The van der Waals surface area contributed by atoms with Crippen LogP contribution in [0.4, 0.5) is 0 Å². The van der Waals surface area contributed by atoms with Gasteiger partial charge in [0.15, 0.2) is 11.9 Å². The normalized spacial score (nSPS) is 17.2. The molecular formula is C28H42ClNO7. The lowest BCUT2D eigenvalue weighted by molar-refractivity contribution is -0.145. The van der Waals surface area contributed by atoms with Crippen molar-refractivity contribution in [2.24, 2.45) is 11.8 Å². The summed E-state index contributed by atoms with van der Waals surface area (Å²) < 4.78 is 10.9. The van der Waals surface area contributed by atoms with Crippen LogP contribution < -0.4 is 5.32 Å². The molecule has 0 fully saturated rings. The number of Topliss-reactive ketones (excluding diaryl/α,β-unsaturated/α-hetero) is 1. The first-order valence-electron chi connectivity index (χ1n) is 12.7. The first kappa shape index (κ1) is 32.8. The van der Waals surface area contributed by atoms with Gasteiger partial charge in [0.2, 0.25) is 0 Å². The average Bonchev–Trinajstić information content (AvgIpc) is 2.88. The molecule has 6 atom stereocenters. The van der Waals surface area contributed by atoms with Crippen LogP contribution in [0.3, 0.4) is 0 Å². The van der Waals surface area contributed by atoms with E-state index in [1.807, 2.05) is 6.92 Å². The van der Waals surface area contributed by atoms with Crippen molar-refractivity contribution in [1.82, 2.24) is 5.32 Å². The summed E-state index contributed by atoms with van der Waals surface area (Å²) in [5.41, 5.74) is 0.962. The van der Waals surface area contributed by atoms with E-state index in [1.54, 1.807) is 32.9 Å². The molecule has 9 heteroatoms. The van der Waals surface area contributed by atoms with Crippen LogP contribution in [0.15, 0.2) is 36.0 Å². The number of halogens is 1. The zero-order valence-electron chi connectivity index (χ0n) is 22.6. The topological polar surface area (TPSA) is 125 Å². The molecule has 1 aromatic rings. The molecular weight excluding hydrogens is 498 g/mol. The van der Waals surface area contributed by atoms with Gasteiger partial charge < -0.3 is 30.1 Å². The van der Waals surface area contributed by atoms with Crippen LogP contribution >= 0.6 is 11.6 Å². The fourth-order valence-electron chi connectivity index (χ4n) is 3.95. The number of carbonyl (C=O) groups excluding carboxylic acids is 2. The molecule has 0 bridgehead atoms. The highest BCUT2D eigenvalue weighted by atomic mass is 35.5. The Labute approximate surface area is 225 Å². The number of benzene rings is 1. The van der Waals surface area contributed by atoms with Gasteiger partial charge in [0, 0.05) is 25.8 Å². The number of phenolic OH excluding ortho intramolecular Hbond substituents is 1. The van der Waals surface area contributed by atoms with Crippen LogP contribution in [0.2, 0.25) is 5.02 Å². The molecule has 1 amide bonds. The number of methoxy groups -OCH3 is 1. The van der Waals surface area contributed by atoms with Crippen molar-refractivity contribution in [3.05, 3.63) is 46.6 Å². The molecule has 0 saturated carbocycles. The Balaban J connectivity index is 2.94. The zero-order valence-corrected chi connectivity index (χ0v) is 23.4. The van der Waals surface area contributed by atoms with E-state index in [0.29, 0.717) is 11.1 Å². The van der Waals surface area contributed by atoms with Crippen LogP contribution in [0.25, 0.3) is 6.08 Å². The Morgan fingerprint density at radius 2 is 1.84 bits per heavy atom. The second kappa shape index (κ2) is 16.6. The molecule has 208 valence electrons. The largest absolute Gasteiger partial charge is 0.506 e. The molecule has 0 unspecified atom stereocenters. The number of amides is 1. The standard InChI is InChI=1S/C28H42ClNO7/c1-7-9-10-17(3)24(32)19(5)25(33)18(4)15-23(36-6)26(34)27(37-8-2)28(35)30-14-13-20-11-12-22(31)21(29)16-20/h11-17,19,23-24,26-27,31-32,34H,7-10H2,1-6H3,(H,30,35)/b14-13+,18-15+/t17-,19+,23-,24+,26-,27-/m1/s1. The lowest BCUT2D eigenvalue weighted by atomic mass is 9.85. The maximum Gasteiger partial charge on any atom is 0.255 e. The predicted octanol–water partition coefficient (Wildman–Crippen LogP) is 4.25. The van der Waals surface area contributed by atoms with Crippen LogP contribution in [0, 0.1) is 11.8 Å². The van der Waals surface area contributed by atoms with Gasteiger partial charge in [-0.1, -0.05) is 51.3 Å². The fraction of sp³-hybridized carbons (Fsp3) is 0.571. The number of aromatic hydroxyl groups is 1. The number of hydrogen-bond acceptors (Lipinski definition) is 7. The van der Waals surface area contributed by atoms with Gasteiger partial charge in [0.05, 0.1) is 11.1 Å². The minimum absolute atomic E-state index is 0.0211. The van der Waals surface area contributed by atoms with Crippen molar-refractivity contribution in [3.8, 4) is 5.75 Å². The van der Waals surface area contributed by atoms with Gasteiger partial charge in [-0.3, -0.25) is 9.59 Å². The monoisotopic (exact) mass is 539 g/mol. The van der Waals surface area contributed by atoms with Crippen LogP contribution in [0.5, 0.6) is 5.75 Å². The number of hydrogen-bond donors (Lipinski definition) is 4. The van der Waals surface area contributed by atoms with Crippen molar-refractivity contribution in [2.45, 2.75) is 78.3 Å². The Kier molecular flexibility index (Phi) is 14.7. The first-order chi connectivity index (χ1) is 17.5. The summed E-state index contributed by atoms with van der Waals surface area (Å²) in [6.45, 7) is 9.15. The highest BCUT2D eigenvalue weighted by Gasteiger charge is 2.34. The zero-order chi connectivity index (χ0) is 28.1. The highest BCUT2D eigenvalue weighted by molar-refractivity contribution is 6.32. The molecule has 0 spiro atoms. The molecule has 0 aliphatic rings. The van der Waals surface area contributed by atoms with Gasteiger partial charge in [0.25, 0.3) is 5.91 Å². The number of phenols is 1. The van der Waals surface area contributed by atoms with E-state index in [-0.39, 0.29) is 29.1 Å². The molecule has 4 N–H and O–H groups in total. The number of ketones is 1. The molecule has 37 heavy (non-hydrogen) atoms. The van der Waals surface area contributed by atoms with E-state index < -0.39 is 36.2 Å². The van der Waals surface area contributed by atoms with Crippen LogP contribution in [-0.4, -0.2) is 65.1 Å². The lowest BCUT2D eigenvalue weighted by Gasteiger charge is -2.27. The smallest absolute Gasteiger partial charge is 0.255 e. The van der Waals surface area contributed by atoms with Gasteiger partial charge in [0.1, 0.15) is 18.0 Å². The van der Waals surface area contributed by atoms with Gasteiger partial charge >= 0.3 is 0 Å². The minimum atomic E-state index is -1.41. The highest BCUT2D eigenvalue weighted by Crippen LogP contribution is 2.24. The molecule has 1 aromatic carbocycles. The van der Waals surface area contributed by atoms with Gasteiger partial charge in [-0.05, 0) is 61.6 Å². The third kappa shape index (κ3) is 10.2. The number of carbonyl (C=O) groups is 2. The summed E-state index contributed by atoms with van der Waals surface area (Å²) in [6.07, 6.45) is 2.75. The summed E-state index contributed by atoms with van der Waals surface area (Å²) >= 11 is 5.89. The summed E-state index contributed by atoms with van der Waals surface area (Å²) in [6, 6.07) is 4.58. The number of unbranched alkanes of at least 4 members (excludes halogenated alkanes) is 1. The molecule has 8 nitrogen and oxygen atoms in total. The van der Waals surface area contributed by atoms with E-state index >= 15 is 0 Å². The number of aliphatic hydroxyl groups is 2. The van der Waals surface area contributed by atoms with Gasteiger partial charge in [-0.15, -0.1) is 0 Å². The lowest BCUT2D eigenvalue weighted by Crippen LogP contribution is -2.48. The third-order valence-corrected chi connectivity index (χ3v) is 6.62. The quantitative estimate of drug-likeness (QED) is 0.231. The first-order valence-corrected chi connectivity index (χ1v) is 13.0. The second-order valence-corrected chi connectivity index (χ2v) is 9.64. The maximum absolute atomic E-state index is 13.0. The third-order valence-electron chi connectivity index (χ3n) is 6.32. The van der Waals surface area contributed by atoms with Crippen molar-refractivity contribution in [3.63, 3.8) is 0 Å². The number of allylic oxidation sites excluding steroid dienone is 1. The second-order valence-electron chi connectivity index (χ2n) is 9.23. The Morgan fingerprint density at radius 3 is 2.41 bits per heavy atom. The summed E-state index contributed by atoms with van der Waals surface area (Å²) in [4.78, 5) is 25.8. The Morgan fingerprint density at radius 1 is 1.16 bits per heavy atom. The molecule has 0 aliphatic carbocycles. The number of rotatable bonds is 16. The summed E-state index contributed by atoms with van der Waals surface area (Å²) in [5.74, 6) is -1.55. The molecule has 0 radical (unpaired) electrons. The van der Waals surface area contributed by atoms with Crippen molar-refractivity contribution in [2.75, 3.05) is 13.7 Å². The Hall–Kier alpha value is -2.23. The van der Waals surface area contributed by atoms with E-state index in [2.05, 4.69) is 12.2 Å². The van der Waals surface area contributed by atoms with Crippen LogP contribution in [0.1, 0.15) is 59.4 Å². The van der Waals surface area contributed by atoms with E-state index in [9.17, 15) is 24.9 Å². The predicted molar refractivity (Wildman–Crippen MR) is 145 cm³/mol.